The molecule has 1 saturated heterocycles. The van der Waals surface area contributed by atoms with Crippen LogP contribution in [-0.2, 0) is 22.6 Å². The van der Waals surface area contributed by atoms with Crippen molar-refractivity contribution in [1.29, 1.82) is 0 Å². The van der Waals surface area contributed by atoms with Crippen LogP contribution in [0, 0.1) is 0 Å². The fourth-order valence-electron chi connectivity index (χ4n) is 4.57. The van der Waals surface area contributed by atoms with Crippen LogP contribution in [0.15, 0.2) is 78.4 Å². The molecule has 5 nitrogen and oxygen atoms in total. The average Bonchev–Trinajstić information content (AvgIpc) is 3.30. The molecule has 3 aromatic carbocycles. The van der Waals surface area contributed by atoms with E-state index in [1.807, 2.05) is 49.4 Å². The molecule has 166 valence electrons. The molecule has 0 saturated carbocycles. The van der Waals surface area contributed by atoms with Gasteiger partial charge in [0.25, 0.3) is 11.7 Å². The number of benzene rings is 3. The fraction of sp³-hybridized carbons (Fsp3) is 0.185. The van der Waals surface area contributed by atoms with E-state index in [1.54, 1.807) is 30.3 Å². The molecule has 0 aliphatic carbocycles. The van der Waals surface area contributed by atoms with E-state index in [-0.39, 0.29) is 24.0 Å². The van der Waals surface area contributed by atoms with Crippen molar-refractivity contribution >= 4 is 29.1 Å². The monoisotopic (exact) mass is 459 g/mol. The molecule has 2 aliphatic rings. The highest BCUT2D eigenvalue weighted by Crippen LogP contribution is 2.41. The van der Waals surface area contributed by atoms with Crippen LogP contribution < -0.4 is 4.74 Å². The second kappa shape index (κ2) is 8.41. The lowest BCUT2D eigenvalue weighted by Gasteiger charge is -2.25. The van der Waals surface area contributed by atoms with Gasteiger partial charge in [0.2, 0.25) is 0 Å². The Hall–Kier alpha value is -3.57. The number of aliphatic hydroxyl groups is 1. The summed E-state index contributed by atoms with van der Waals surface area (Å²) < 4.78 is 5.75. The van der Waals surface area contributed by atoms with Gasteiger partial charge < -0.3 is 14.7 Å². The minimum atomic E-state index is -0.757. The van der Waals surface area contributed by atoms with Gasteiger partial charge in [-0.25, -0.2) is 0 Å². The molecule has 0 aromatic heterocycles. The van der Waals surface area contributed by atoms with Crippen LogP contribution in [0.25, 0.3) is 5.76 Å². The van der Waals surface area contributed by atoms with E-state index in [9.17, 15) is 14.7 Å². The van der Waals surface area contributed by atoms with Crippen molar-refractivity contribution in [3.05, 3.63) is 106 Å². The number of amides is 1. The van der Waals surface area contributed by atoms with Crippen LogP contribution in [0.3, 0.4) is 0 Å². The first-order valence-electron chi connectivity index (χ1n) is 10.8. The average molecular weight is 460 g/mol. The van der Waals surface area contributed by atoms with Crippen LogP contribution in [0.1, 0.15) is 35.2 Å². The highest BCUT2D eigenvalue weighted by atomic mass is 35.5. The predicted octanol–water partition coefficient (Wildman–Crippen LogP) is 5.29. The second-order valence-electron chi connectivity index (χ2n) is 8.42. The van der Waals surface area contributed by atoms with E-state index in [1.165, 1.54) is 4.90 Å². The van der Waals surface area contributed by atoms with E-state index in [0.29, 0.717) is 16.1 Å². The van der Waals surface area contributed by atoms with Crippen molar-refractivity contribution in [2.75, 3.05) is 0 Å². The lowest BCUT2D eigenvalue weighted by atomic mass is 9.94. The molecule has 5 rings (SSSR count). The Morgan fingerprint density at radius 1 is 1.06 bits per heavy atom. The standard InChI is InChI=1S/C27H22ClNO4/c1-16-12-20-13-19(10-11-22(20)33-16)25(30)23-24(18-8-5-9-21(28)14-18)29(27(32)26(23)31)15-17-6-3-2-4-7-17/h2-11,13-14,16,24,30H,12,15H2,1H3/b25-23+/t16-,24-/m0/s1. The summed E-state index contributed by atoms with van der Waals surface area (Å²) in [5.41, 5.74) is 3.05. The maximum atomic E-state index is 13.2. The number of carbonyl (C=O) groups excluding carboxylic acids is 2. The molecule has 0 spiro atoms. The Labute approximate surface area is 196 Å². The number of fused-ring (bicyclic) bond motifs is 1. The number of rotatable bonds is 4. The van der Waals surface area contributed by atoms with E-state index < -0.39 is 17.7 Å². The van der Waals surface area contributed by atoms with Gasteiger partial charge in [-0.15, -0.1) is 0 Å². The lowest BCUT2D eigenvalue weighted by molar-refractivity contribution is -0.140. The third-order valence-electron chi connectivity index (χ3n) is 6.07. The number of hydrogen-bond donors (Lipinski definition) is 1. The molecule has 3 aromatic rings. The number of hydrogen-bond acceptors (Lipinski definition) is 4. The van der Waals surface area contributed by atoms with Crippen LogP contribution in [0.2, 0.25) is 5.02 Å². The molecule has 2 atom stereocenters. The Bertz CT molecular complexity index is 1280. The first kappa shape index (κ1) is 21.3. The van der Waals surface area contributed by atoms with Crippen molar-refractivity contribution < 1.29 is 19.4 Å². The van der Waals surface area contributed by atoms with Gasteiger partial charge in [0.1, 0.15) is 17.6 Å². The number of likely N-dealkylation sites (tertiary alicyclic amines) is 1. The molecular formula is C27H22ClNO4. The maximum absolute atomic E-state index is 13.2. The lowest BCUT2D eigenvalue weighted by Crippen LogP contribution is -2.29. The number of Topliss-reactive ketones (excluding diaryl/α,β-unsaturated/α-hetero) is 1. The topological polar surface area (TPSA) is 66.8 Å². The second-order valence-corrected chi connectivity index (χ2v) is 8.86. The Balaban J connectivity index is 1.64. The number of ketones is 1. The SMILES string of the molecule is C[C@H]1Cc2cc(/C(O)=C3\C(=O)C(=O)N(Cc4ccccc4)[C@H]3c3cccc(Cl)c3)ccc2O1. The molecule has 1 fully saturated rings. The van der Waals surface area contributed by atoms with E-state index in [0.717, 1.165) is 23.3 Å². The summed E-state index contributed by atoms with van der Waals surface area (Å²) >= 11 is 6.25. The van der Waals surface area contributed by atoms with Gasteiger partial charge in [0.05, 0.1) is 11.6 Å². The Morgan fingerprint density at radius 3 is 2.61 bits per heavy atom. The van der Waals surface area contributed by atoms with Gasteiger partial charge in [-0.3, -0.25) is 9.59 Å². The molecule has 6 heteroatoms. The molecule has 1 N–H and O–H groups in total. The van der Waals surface area contributed by atoms with E-state index in [2.05, 4.69) is 0 Å². The molecule has 33 heavy (non-hydrogen) atoms. The van der Waals surface area contributed by atoms with Gasteiger partial charge in [-0.1, -0.05) is 54.1 Å². The van der Waals surface area contributed by atoms with Crippen molar-refractivity contribution in [1.82, 2.24) is 4.90 Å². The first-order valence-corrected chi connectivity index (χ1v) is 11.2. The molecule has 0 bridgehead atoms. The summed E-state index contributed by atoms with van der Waals surface area (Å²) in [7, 11) is 0. The molecule has 2 aliphatic heterocycles. The molecule has 2 heterocycles. The summed E-state index contributed by atoms with van der Waals surface area (Å²) in [6, 6.07) is 21.1. The predicted molar refractivity (Wildman–Crippen MR) is 126 cm³/mol. The highest BCUT2D eigenvalue weighted by molar-refractivity contribution is 6.46. The zero-order chi connectivity index (χ0) is 23.1. The van der Waals surface area contributed by atoms with Crippen LogP contribution in [0.4, 0.5) is 0 Å². The number of aliphatic hydroxyl groups excluding tert-OH is 1. The van der Waals surface area contributed by atoms with Crippen molar-refractivity contribution in [2.24, 2.45) is 0 Å². The van der Waals surface area contributed by atoms with Gasteiger partial charge in [-0.05, 0) is 53.9 Å². The molecule has 0 radical (unpaired) electrons. The summed E-state index contributed by atoms with van der Waals surface area (Å²) in [4.78, 5) is 27.8. The number of ether oxygens (including phenoxy) is 1. The van der Waals surface area contributed by atoms with E-state index in [4.69, 9.17) is 16.3 Å². The summed E-state index contributed by atoms with van der Waals surface area (Å²) in [5, 5.41) is 11.8. The van der Waals surface area contributed by atoms with Crippen LogP contribution >= 0.6 is 11.6 Å². The quantitative estimate of drug-likeness (QED) is 0.327. The number of nitrogens with zero attached hydrogens (tertiary/aromatic N) is 1. The number of carbonyl (C=O) groups is 2. The minimum absolute atomic E-state index is 0.0558. The van der Waals surface area contributed by atoms with Gasteiger partial charge in [0, 0.05) is 23.6 Å². The van der Waals surface area contributed by atoms with E-state index >= 15 is 0 Å². The molecular weight excluding hydrogens is 438 g/mol. The largest absolute Gasteiger partial charge is 0.507 e. The zero-order valence-electron chi connectivity index (χ0n) is 18.0. The summed E-state index contributed by atoms with van der Waals surface area (Å²) in [6.45, 7) is 2.21. The third kappa shape index (κ3) is 3.89. The van der Waals surface area contributed by atoms with Crippen LogP contribution in [-0.4, -0.2) is 27.8 Å². The highest BCUT2D eigenvalue weighted by Gasteiger charge is 2.46. The van der Waals surface area contributed by atoms with Gasteiger partial charge in [0.15, 0.2) is 0 Å². The van der Waals surface area contributed by atoms with Crippen molar-refractivity contribution in [3.8, 4) is 5.75 Å². The summed E-state index contributed by atoms with van der Waals surface area (Å²) in [5.74, 6) is -0.784. The zero-order valence-corrected chi connectivity index (χ0v) is 18.8. The Morgan fingerprint density at radius 2 is 1.85 bits per heavy atom. The molecule has 0 unspecified atom stereocenters. The minimum Gasteiger partial charge on any atom is -0.507 e. The Kier molecular flexibility index (Phi) is 5.43. The number of halogens is 1. The van der Waals surface area contributed by atoms with Gasteiger partial charge >= 0.3 is 0 Å². The summed E-state index contributed by atoms with van der Waals surface area (Å²) in [6.07, 6.45) is 0.775. The van der Waals surface area contributed by atoms with Crippen molar-refractivity contribution in [3.63, 3.8) is 0 Å². The maximum Gasteiger partial charge on any atom is 0.295 e. The van der Waals surface area contributed by atoms with Crippen LogP contribution in [0.5, 0.6) is 5.75 Å². The molecule has 1 amide bonds. The van der Waals surface area contributed by atoms with Gasteiger partial charge in [-0.2, -0.15) is 0 Å². The normalized spacial score (nSPS) is 21.2. The smallest absolute Gasteiger partial charge is 0.295 e. The first-order chi connectivity index (χ1) is 15.9. The fourth-order valence-corrected chi connectivity index (χ4v) is 4.77. The third-order valence-corrected chi connectivity index (χ3v) is 6.30. The van der Waals surface area contributed by atoms with Crippen molar-refractivity contribution in [2.45, 2.75) is 32.0 Å².